The van der Waals surface area contributed by atoms with E-state index in [1.165, 1.54) is 23.1 Å². The van der Waals surface area contributed by atoms with Crippen molar-refractivity contribution in [2.75, 3.05) is 20.3 Å². The minimum atomic E-state index is -0.740. The molecule has 0 saturated heterocycles. The number of hydrogen-bond acceptors (Lipinski definition) is 6. The number of aromatic nitrogens is 4. The van der Waals surface area contributed by atoms with Gasteiger partial charge in [-0.25, -0.2) is 13.5 Å². The van der Waals surface area contributed by atoms with Crippen LogP contribution in [0.1, 0.15) is 35.3 Å². The molecule has 3 heterocycles. The normalized spacial score (nSPS) is 16.6. The summed E-state index contributed by atoms with van der Waals surface area (Å²) in [5.74, 6) is -2.44. The molecule has 1 saturated carbocycles. The molecule has 11 heteroatoms. The van der Waals surface area contributed by atoms with E-state index in [4.69, 9.17) is 4.74 Å². The fourth-order valence-electron chi connectivity index (χ4n) is 4.78. The van der Waals surface area contributed by atoms with Crippen molar-refractivity contribution in [3.63, 3.8) is 0 Å². The molecule has 2 aliphatic rings. The highest BCUT2D eigenvalue weighted by Crippen LogP contribution is 2.43. The van der Waals surface area contributed by atoms with Crippen molar-refractivity contribution in [2.24, 2.45) is 0 Å². The van der Waals surface area contributed by atoms with E-state index < -0.39 is 28.7 Å². The maximum atomic E-state index is 14.0. The lowest BCUT2D eigenvalue weighted by atomic mass is 9.73. The van der Waals surface area contributed by atoms with Crippen LogP contribution in [0.2, 0.25) is 0 Å². The number of benzene rings is 1. The molecule has 1 aliphatic carbocycles. The van der Waals surface area contributed by atoms with Gasteiger partial charge in [0.2, 0.25) is 5.43 Å². The van der Waals surface area contributed by atoms with Crippen LogP contribution < -0.4 is 5.43 Å². The quantitative estimate of drug-likeness (QED) is 0.591. The highest BCUT2D eigenvalue weighted by atomic mass is 19.1. The Bertz CT molecular complexity index is 1330. The molecule has 0 unspecified atom stereocenters. The molecule has 178 valence electrons. The Kier molecular flexibility index (Phi) is 5.43. The highest BCUT2D eigenvalue weighted by Gasteiger charge is 2.49. The van der Waals surface area contributed by atoms with Crippen LogP contribution in [0.25, 0.3) is 11.3 Å². The molecular formula is C23H23F2N5O4. The van der Waals surface area contributed by atoms with Gasteiger partial charge >= 0.3 is 0 Å². The van der Waals surface area contributed by atoms with Crippen LogP contribution >= 0.6 is 0 Å². The van der Waals surface area contributed by atoms with Gasteiger partial charge in [0, 0.05) is 38.0 Å². The monoisotopic (exact) mass is 471 g/mol. The van der Waals surface area contributed by atoms with Gasteiger partial charge in [0.25, 0.3) is 5.91 Å². The van der Waals surface area contributed by atoms with Gasteiger partial charge in [0.05, 0.1) is 30.5 Å². The summed E-state index contributed by atoms with van der Waals surface area (Å²) in [6.07, 6.45) is 5.60. The molecule has 1 fully saturated rings. The van der Waals surface area contributed by atoms with Gasteiger partial charge in [-0.1, -0.05) is 11.3 Å². The SMILES string of the molecule is COCCN1C(=O)c2c(O)c(=O)c(-c3cn(Cc4ccc(F)cc4F)nn3)cn2CC12CCC2. The van der Waals surface area contributed by atoms with E-state index in [0.29, 0.717) is 19.7 Å². The smallest absolute Gasteiger partial charge is 0.275 e. The number of halogens is 2. The van der Waals surface area contributed by atoms with Crippen LogP contribution in [-0.2, 0) is 17.8 Å². The van der Waals surface area contributed by atoms with E-state index in [9.17, 15) is 23.5 Å². The Balaban J connectivity index is 1.50. The van der Waals surface area contributed by atoms with Crippen molar-refractivity contribution in [2.45, 2.75) is 37.9 Å². The Morgan fingerprint density at radius 2 is 2.00 bits per heavy atom. The van der Waals surface area contributed by atoms with Crippen LogP contribution in [-0.4, -0.2) is 61.3 Å². The molecule has 2 aromatic heterocycles. The van der Waals surface area contributed by atoms with Crippen LogP contribution in [0.3, 0.4) is 0 Å². The summed E-state index contributed by atoms with van der Waals surface area (Å²) in [5, 5.41) is 18.7. The number of ether oxygens (including phenoxy) is 1. The number of nitrogens with zero attached hydrogens (tertiary/aromatic N) is 5. The highest BCUT2D eigenvalue weighted by molar-refractivity contribution is 5.97. The molecule has 1 N–H and O–H groups in total. The van der Waals surface area contributed by atoms with Gasteiger partial charge in [-0.15, -0.1) is 5.10 Å². The Hall–Kier alpha value is -3.60. The predicted octanol–water partition coefficient (Wildman–Crippen LogP) is 2.16. The number of pyridine rings is 1. The van der Waals surface area contributed by atoms with E-state index in [2.05, 4.69) is 10.3 Å². The molecule has 0 atom stereocenters. The third-order valence-corrected chi connectivity index (χ3v) is 6.71. The van der Waals surface area contributed by atoms with E-state index in [1.807, 2.05) is 0 Å². The van der Waals surface area contributed by atoms with E-state index in [-0.39, 0.29) is 34.6 Å². The topological polar surface area (TPSA) is 102 Å². The molecule has 1 amide bonds. The first-order valence-electron chi connectivity index (χ1n) is 10.9. The number of rotatable bonds is 6. The molecule has 0 bridgehead atoms. The molecule has 5 rings (SSSR count). The molecule has 34 heavy (non-hydrogen) atoms. The lowest BCUT2D eigenvalue weighted by Crippen LogP contribution is -2.63. The maximum Gasteiger partial charge on any atom is 0.275 e. The zero-order valence-electron chi connectivity index (χ0n) is 18.5. The maximum absolute atomic E-state index is 14.0. The number of amides is 1. The number of hydrogen-bond donors (Lipinski definition) is 1. The number of carbonyl (C=O) groups is 1. The minimum Gasteiger partial charge on any atom is -0.503 e. The second-order valence-electron chi connectivity index (χ2n) is 8.76. The average molecular weight is 471 g/mol. The largest absolute Gasteiger partial charge is 0.503 e. The second kappa shape index (κ2) is 8.32. The molecule has 9 nitrogen and oxygen atoms in total. The van der Waals surface area contributed by atoms with Crippen LogP contribution in [0.15, 0.2) is 35.4 Å². The summed E-state index contributed by atoms with van der Waals surface area (Å²) in [4.78, 5) is 28.0. The van der Waals surface area contributed by atoms with Crippen LogP contribution in [0.4, 0.5) is 8.78 Å². The van der Waals surface area contributed by atoms with E-state index >= 15 is 0 Å². The summed E-state index contributed by atoms with van der Waals surface area (Å²) in [6.45, 7) is 1.15. The van der Waals surface area contributed by atoms with Gasteiger partial charge in [0.15, 0.2) is 11.4 Å². The zero-order chi connectivity index (χ0) is 24.0. The summed E-state index contributed by atoms with van der Waals surface area (Å²) in [7, 11) is 1.56. The zero-order valence-corrected chi connectivity index (χ0v) is 18.5. The lowest BCUT2D eigenvalue weighted by molar-refractivity contribution is -0.0156. The molecule has 1 spiro atoms. The standard InChI is InChI=1S/C23H23F2N5O4/c1-34-8-7-30-22(33)19-21(32)20(31)16(11-28(19)13-23(30)5-2-6-23)18-12-29(27-26-18)10-14-3-4-15(24)9-17(14)25/h3-4,9,11-12,32H,2,5-8,10,13H2,1H3. The lowest BCUT2D eigenvalue weighted by Gasteiger charge is -2.53. The predicted molar refractivity (Wildman–Crippen MR) is 116 cm³/mol. The number of fused-ring (bicyclic) bond motifs is 1. The van der Waals surface area contributed by atoms with Gasteiger partial charge in [0.1, 0.15) is 17.3 Å². The van der Waals surface area contributed by atoms with Crippen molar-refractivity contribution >= 4 is 5.91 Å². The molecule has 0 radical (unpaired) electrons. The number of methoxy groups -OCH3 is 1. The summed E-state index contributed by atoms with van der Waals surface area (Å²) in [5.41, 5.74) is -0.704. The van der Waals surface area contributed by atoms with E-state index in [1.54, 1.807) is 16.6 Å². The third kappa shape index (κ3) is 3.56. The van der Waals surface area contributed by atoms with Crippen molar-refractivity contribution < 1.29 is 23.4 Å². The Morgan fingerprint density at radius 1 is 1.21 bits per heavy atom. The molecule has 1 aromatic carbocycles. The van der Waals surface area contributed by atoms with Crippen LogP contribution in [0, 0.1) is 11.6 Å². The first kappa shape index (κ1) is 22.2. The van der Waals surface area contributed by atoms with Crippen molar-refractivity contribution in [3.8, 4) is 17.0 Å². The summed E-state index contributed by atoms with van der Waals surface area (Å²) < 4.78 is 35.2. The molecule has 3 aromatic rings. The van der Waals surface area contributed by atoms with Crippen LogP contribution in [0.5, 0.6) is 5.75 Å². The second-order valence-corrected chi connectivity index (χ2v) is 8.76. The van der Waals surface area contributed by atoms with Gasteiger partial charge in [-0.05, 0) is 25.3 Å². The van der Waals surface area contributed by atoms with E-state index in [0.717, 1.165) is 31.4 Å². The van der Waals surface area contributed by atoms with Crippen molar-refractivity contribution in [1.29, 1.82) is 0 Å². The molecule has 1 aliphatic heterocycles. The fourth-order valence-corrected chi connectivity index (χ4v) is 4.78. The van der Waals surface area contributed by atoms with Gasteiger partial charge < -0.3 is 19.3 Å². The van der Waals surface area contributed by atoms with Gasteiger partial charge in [-0.3, -0.25) is 9.59 Å². The average Bonchev–Trinajstić information content (AvgIpc) is 3.24. The molecular weight excluding hydrogens is 448 g/mol. The number of aromatic hydroxyl groups is 1. The Morgan fingerprint density at radius 3 is 2.68 bits per heavy atom. The Labute approximate surface area is 193 Å². The summed E-state index contributed by atoms with van der Waals surface area (Å²) in [6, 6.07) is 3.24. The first-order valence-corrected chi connectivity index (χ1v) is 10.9. The fraction of sp³-hybridized carbons (Fsp3) is 0.391. The van der Waals surface area contributed by atoms with Crippen molar-refractivity contribution in [3.05, 3.63) is 63.7 Å². The third-order valence-electron chi connectivity index (χ3n) is 6.71. The minimum absolute atomic E-state index is 0.0204. The summed E-state index contributed by atoms with van der Waals surface area (Å²) >= 11 is 0. The van der Waals surface area contributed by atoms with Crippen molar-refractivity contribution in [1.82, 2.24) is 24.5 Å². The number of carbonyl (C=O) groups excluding carboxylic acids is 1. The van der Waals surface area contributed by atoms with Gasteiger partial charge in [-0.2, -0.15) is 0 Å². The first-order chi connectivity index (χ1) is 16.3.